The number of morpholine rings is 1. The number of carbonyl (C=O) groups is 1. The highest BCUT2D eigenvalue weighted by molar-refractivity contribution is 5.95. The molecule has 1 amide bonds. The third-order valence-electron chi connectivity index (χ3n) is 3.22. The van der Waals surface area contributed by atoms with Gasteiger partial charge < -0.3 is 19.8 Å². The lowest BCUT2D eigenvalue weighted by molar-refractivity contribution is -0.128. The number of aromatic nitrogens is 1. The smallest absolute Gasteiger partial charge is 0.254 e. The fourth-order valence-corrected chi connectivity index (χ4v) is 2.16. The Morgan fingerprint density at radius 2 is 2.38 bits per heavy atom. The summed E-state index contributed by atoms with van der Waals surface area (Å²) < 4.78 is 10.9. The van der Waals surface area contributed by atoms with Crippen LogP contribution >= 0.6 is 12.4 Å². The number of benzene rings is 1. The number of rotatable bonds is 3. The first-order chi connectivity index (χ1) is 9.76. The SMILES string of the molecule is CCc1nc2cc(NC(=O)C3CNCCO3)ccc2o1.Cl. The lowest BCUT2D eigenvalue weighted by Crippen LogP contribution is -2.45. The van der Waals surface area contributed by atoms with Gasteiger partial charge in [0.05, 0.1) is 6.61 Å². The van der Waals surface area contributed by atoms with Crippen LogP contribution in [0.3, 0.4) is 0 Å². The Hall–Kier alpha value is -1.63. The van der Waals surface area contributed by atoms with E-state index in [-0.39, 0.29) is 18.3 Å². The summed E-state index contributed by atoms with van der Waals surface area (Å²) in [6.45, 7) is 3.87. The minimum Gasteiger partial charge on any atom is -0.441 e. The fraction of sp³-hybridized carbons (Fsp3) is 0.429. The molecular formula is C14H18ClN3O3. The number of oxazole rings is 1. The van der Waals surface area contributed by atoms with Crippen molar-refractivity contribution in [1.29, 1.82) is 0 Å². The molecule has 3 rings (SSSR count). The van der Waals surface area contributed by atoms with Gasteiger partial charge in [-0.15, -0.1) is 12.4 Å². The Morgan fingerprint density at radius 3 is 3.10 bits per heavy atom. The summed E-state index contributed by atoms with van der Waals surface area (Å²) in [4.78, 5) is 16.4. The molecule has 0 bridgehead atoms. The highest BCUT2D eigenvalue weighted by atomic mass is 35.5. The largest absolute Gasteiger partial charge is 0.441 e. The summed E-state index contributed by atoms with van der Waals surface area (Å²) in [5, 5.41) is 5.97. The third kappa shape index (κ3) is 3.53. The summed E-state index contributed by atoms with van der Waals surface area (Å²) in [7, 11) is 0. The van der Waals surface area contributed by atoms with Gasteiger partial charge in [0.2, 0.25) is 0 Å². The van der Waals surface area contributed by atoms with Gasteiger partial charge in [0, 0.05) is 25.2 Å². The van der Waals surface area contributed by atoms with Crippen LogP contribution in [0.25, 0.3) is 11.1 Å². The van der Waals surface area contributed by atoms with Crippen molar-refractivity contribution in [3.63, 3.8) is 0 Å². The van der Waals surface area contributed by atoms with E-state index in [0.717, 1.165) is 24.1 Å². The van der Waals surface area contributed by atoms with Crippen LogP contribution in [0.5, 0.6) is 0 Å². The van der Waals surface area contributed by atoms with E-state index in [1.807, 2.05) is 19.1 Å². The van der Waals surface area contributed by atoms with Crippen LogP contribution in [0, 0.1) is 0 Å². The molecule has 1 atom stereocenters. The van der Waals surface area contributed by atoms with Crippen molar-refractivity contribution in [2.75, 3.05) is 25.0 Å². The van der Waals surface area contributed by atoms with Crippen LogP contribution in [-0.2, 0) is 16.0 Å². The van der Waals surface area contributed by atoms with Gasteiger partial charge in [-0.3, -0.25) is 4.79 Å². The maximum Gasteiger partial charge on any atom is 0.254 e. The Kier molecular flexibility index (Phi) is 5.17. The minimum absolute atomic E-state index is 0. The van der Waals surface area contributed by atoms with Gasteiger partial charge in [-0.2, -0.15) is 0 Å². The van der Waals surface area contributed by atoms with Gasteiger partial charge in [-0.25, -0.2) is 4.98 Å². The van der Waals surface area contributed by atoms with Crippen molar-refractivity contribution in [1.82, 2.24) is 10.3 Å². The summed E-state index contributed by atoms with van der Waals surface area (Å²) >= 11 is 0. The molecule has 1 aliphatic heterocycles. The molecule has 0 spiro atoms. The first-order valence-corrected chi connectivity index (χ1v) is 6.79. The monoisotopic (exact) mass is 311 g/mol. The number of ether oxygens (including phenoxy) is 1. The first kappa shape index (κ1) is 15.8. The zero-order valence-corrected chi connectivity index (χ0v) is 12.5. The van der Waals surface area contributed by atoms with E-state index >= 15 is 0 Å². The average Bonchev–Trinajstić information content (AvgIpc) is 2.90. The van der Waals surface area contributed by atoms with E-state index in [1.54, 1.807) is 6.07 Å². The molecule has 114 valence electrons. The molecule has 21 heavy (non-hydrogen) atoms. The van der Waals surface area contributed by atoms with E-state index in [0.29, 0.717) is 24.7 Å². The fourth-order valence-electron chi connectivity index (χ4n) is 2.16. The molecule has 0 radical (unpaired) electrons. The molecule has 1 aromatic heterocycles. The Balaban J connectivity index is 0.00000161. The number of halogens is 1. The van der Waals surface area contributed by atoms with Gasteiger partial charge in [-0.05, 0) is 18.2 Å². The van der Waals surface area contributed by atoms with E-state index < -0.39 is 6.10 Å². The molecule has 7 heteroatoms. The highest BCUT2D eigenvalue weighted by Gasteiger charge is 2.21. The molecule has 1 aromatic carbocycles. The van der Waals surface area contributed by atoms with Crippen molar-refractivity contribution in [2.24, 2.45) is 0 Å². The number of hydrogen-bond donors (Lipinski definition) is 2. The number of fused-ring (bicyclic) bond motifs is 1. The van der Waals surface area contributed by atoms with Gasteiger partial charge in [0.15, 0.2) is 11.5 Å². The number of aryl methyl sites for hydroxylation is 1. The molecule has 2 N–H and O–H groups in total. The Morgan fingerprint density at radius 1 is 1.52 bits per heavy atom. The number of amides is 1. The highest BCUT2D eigenvalue weighted by Crippen LogP contribution is 2.20. The molecule has 2 heterocycles. The number of carbonyl (C=O) groups excluding carboxylic acids is 1. The first-order valence-electron chi connectivity index (χ1n) is 6.79. The van der Waals surface area contributed by atoms with Crippen LogP contribution < -0.4 is 10.6 Å². The van der Waals surface area contributed by atoms with Gasteiger partial charge in [0.25, 0.3) is 5.91 Å². The van der Waals surface area contributed by atoms with Crippen LogP contribution in [-0.4, -0.2) is 36.7 Å². The van der Waals surface area contributed by atoms with E-state index in [9.17, 15) is 4.79 Å². The van der Waals surface area contributed by atoms with Gasteiger partial charge in [0.1, 0.15) is 11.6 Å². The zero-order chi connectivity index (χ0) is 13.9. The second-order valence-corrected chi connectivity index (χ2v) is 4.70. The topological polar surface area (TPSA) is 76.4 Å². The standard InChI is InChI=1S/C14H17N3O3.ClH/c1-2-13-17-10-7-9(3-4-11(10)20-13)16-14(18)12-8-15-5-6-19-12;/h3-4,7,12,15H,2,5-6,8H2,1H3,(H,16,18);1H. The summed E-state index contributed by atoms with van der Waals surface area (Å²) in [6.07, 6.45) is 0.306. The number of hydrogen-bond acceptors (Lipinski definition) is 5. The average molecular weight is 312 g/mol. The van der Waals surface area contributed by atoms with Crippen LogP contribution in [0.15, 0.2) is 22.6 Å². The van der Waals surface area contributed by atoms with Crippen molar-refractivity contribution in [3.8, 4) is 0 Å². The maximum absolute atomic E-state index is 12.0. The molecule has 2 aromatic rings. The summed E-state index contributed by atoms with van der Waals surface area (Å²) in [5.74, 6) is 0.555. The number of anilines is 1. The quantitative estimate of drug-likeness (QED) is 0.903. The van der Waals surface area contributed by atoms with Crippen LogP contribution in [0.4, 0.5) is 5.69 Å². The summed E-state index contributed by atoms with van der Waals surface area (Å²) in [6, 6.07) is 5.43. The molecule has 0 saturated carbocycles. The predicted octanol–water partition coefficient (Wildman–Crippen LogP) is 1.74. The van der Waals surface area contributed by atoms with Crippen molar-refractivity contribution in [2.45, 2.75) is 19.4 Å². The van der Waals surface area contributed by atoms with Crippen molar-refractivity contribution >= 4 is 35.1 Å². The molecule has 1 fully saturated rings. The molecule has 1 aliphatic rings. The van der Waals surface area contributed by atoms with Crippen LogP contribution in [0.2, 0.25) is 0 Å². The van der Waals surface area contributed by atoms with Crippen LogP contribution in [0.1, 0.15) is 12.8 Å². The third-order valence-corrected chi connectivity index (χ3v) is 3.22. The molecule has 6 nitrogen and oxygen atoms in total. The maximum atomic E-state index is 12.0. The second kappa shape index (κ2) is 6.89. The lowest BCUT2D eigenvalue weighted by atomic mass is 10.2. The Labute approximate surface area is 128 Å². The number of nitrogens with zero attached hydrogens (tertiary/aromatic N) is 1. The van der Waals surface area contributed by atoms with Crippen molar-refractivity contribution in [3.05, 3.63) is 24.1 Å². The molecular weight excluding hydrogens is 294 g/mol. The zero-order valence-electron chi connectivity index (χ0n) is 11.7. The predicted molar refractivity (Wildman–Crippen MR) is 81.9 cm³/mol. The van der Waals surface area contributed by atoms with E-state index in [4.69, 9.17) is 9.15 Å². The second-order valence-electron chi connectivity index (χ2n) is 4.70. The molecule has 1 saturated heterocycles. The number of nitrogens with one attached hydrogen (secondary N) is 2. The Bertz CT molecular complexity index is 623. The van der Waals surface area contributed by atoms with E-state index in [1.165, 1.54) is 0 Å². The molecule has 0 aliphatic carbocycles. The summed E-state index contributed by atoms with van der Waals surface area (Å²) in [5.41, 5.74) is 2.19. The minimum atomic E-state index is -0.442. The van der Waals surface area contributed by atoms with E-state index in [2.05, 4.69) is 15.6 Å². The lowest BCUT2D eigenvalue weighted by Gasteiger charge is -2.22. The van der Waals surface area contributed by atoms with Gasteiger partial charge >= 0.3 is 0 Å². The normalized spacial score (nSPS) is 18.2. The van der Waals surface area contributed by atoms with Crippen molar-refractivity contribution < 1.29 is 13.9 Å². The molecule has 1 unspecified atom stereocenters. The van der Waals surface area contributed by atoms with Gasteiger partial charge in [-0.1, -0.05) is 6.92 Å².